The number of benzene rings is 1. The lowest BCUT2D eigenvalue weighted by atomic mass is 10.1. The molecule has 5 rings (SSSR count). The van der Waals surface area contributed by atoms with Gasteiger partial charge >= 0.3 is 11.6 Å². The Kier molecular flexibility index (Phi) is 4.62. The Morgan fingerprint density at radius 1 is 1.12 bits per heavy atom. The molecule has 5 aromatic rings. The third-order valence-electron chi connectivity index (χ3n) is 5.18. The largest absolute Gasteiger partial charge is 0.463 e. The van der Waals surface area contributed by atoms with E-state index < -0.39 is 11.6 Å². The van der Waals surface area contributed by atoms with Gasteiger partial charge in [0.15, 0.2) is 11.4 Å². The topological polar surface area (TPSA) is 100 Å². The predicted molar refractivity (Wildman–Crippen MR) is 118 cm³/mol. The van der Waals surface area contributed by atoms with Crippen LogP contribution in [0.4, 0.5) is 0 Å². The number of carbonyl (C=O) groups excluding carboxylic acids is 1. The highest BCUT2D eigenvalue weighted by Crippen LogP contribution is 2.28. The SMILES string of the molecule is Cc1cc(=O)oc2cc(OC(=O)c3cc(-c4ccco4)nc4c3cnn4C(C)C)ccc12. The summed E-state index contributed by atoms with van der Waals surface area (Å²) in [5.74, 6) is 0.209. The minimum Gasteiger partial charge on any atom is -0.463 e. The molecule has 0 aliphatic rings. The van der Waals surface area contributed by atoms with Gasteiger partial charge in [0.05, 0.1) is 23.4 Å². The van der Waals surface area contributed by atoms with Crippen molar-refractivity contribution in [3.8, 4) is 17.2 Å². The van der Waals surface area contributed by atoms with Crippen LogP contribution in [-0.4, -0.2) is 20.7 Å². The molecule has 0 fully saturated rings. The second-order valence-electron chi connectivity index (χ2n) is 7.75. The number of pyridine rings is 1. The van der Waals surface area contributed by atoms with E-state index in [1.165, 1.54) is 12.1 Å². The van der Waals surface area contributed by atoms with E-state index in [-0.39, 0.29) is 11.8 Å². The molecule has 0 aliphatic heterocycles. The molecule has 0 saturated heterocycles. The van der Waals surface area contributed by atoms with Crippen LogP contribution >= 0.6 is 0 Å². The lowest BCUT2D eigenvalue weighted by Gasteiger charge is -2.10. The summed E-state index contributed by atoms with van der Waals surface area (Å²) in [5.41, 5.74) is 2.04. The van der Waals surface area contributed by atoms with Crippen LogP contribution in [0.25, 0.3) is 33.5 Å². The maximum atomic E-state index is 13.2. The number of hydrogen-bond donors (Lipinski definition) is 0. The summed E-state index contributed by atoms with van der Waals surface area (Å²) < 4.78 is 18.1. The van der Waals surface area contributed by atoms with Gasteiger partial charge in [-0.15, -0.1) is 0 Å². The number of fused-ring (bicyclic) bond motifs is 2. The van der Waals surface area contributed by atoms with Crippen LogP contribution in [0, 0.1) is 6.92 Å². The van der Waals surface area contributed by atoms with Crippen molar-refractivity contribution in [1.82, 2.24) is 14.8 Å². The molecule has 0 bridgehead atoms. The summed E-state index contributed by atoms with van der Waals surface area (Å²) in [6, 6.07) is 11.6. The van der Waals surface area contributed by atoms with E-state index in [1.807, 2.05) is 20.8 Å². The molecule has 1 aromatic carbocycles. The Morgan fingerprint density at radius 2 is 1.97 bits per heavy atom. The van der Waals surface area contributed by atoms with E-state index in [2.05, 4.69) is 10.1 Å². The lowest BCUT2D eigenvalue weighted by molar-refractivity contribution is 0.0737. The molecular formula is C24H19N3O5. The van der Waals surface area contributed by atoms with E-state index in [9.17, 15) is 9.59 Å². The molecule has 0 saturated carbocycles. The lowest BCUT2D eigenvalue weighted by Crippen LogP contribution is -2.11. The number of esters is 1. The third kappa shape index (κ3) is 3.35. The van der Waals surface area contributed by atoms with Crippen molar-refractivity contribution in [2.45, 2.75) is 26.8 Å². The van der Waals surface area contributed by atoms with Crippen molar-refractivity contribution in [3.63, 3.8) is 0 Å². The number of hydrogen-bond acceptors (Lipinski definition) is 7. The van der Waals surface area contributed by atoms with Crippen LogP contribution in [0.1, 0.15) is 35.8 Å². The first-order chi connectivity index (χ1) is 15.4. The molecule has 0 atom stereocenters. The molecule has 32 heavy (non-hydrogen) atoms. The van der Waals surface area contributed by atoms with Gasteiger partial charge in [-0.1, -0.05) is 0 Å². The quantitative estimate of drug-likeness (QED) is 0.227. The number of ether oxygens (including phenoxy) is 1. The molecule has 8 heteroatoms. The molecule has 0 radical (unpaired) electrons. The average Bonchev–Trinajstić information content (AvgIpc) is 3.42. The van der Waals surface area contributed by atoms with Crippen molar-refractivity contribution in [2.75, 3.05) is 0 Å². The summed E-state index contributed by atoms with van der Waals surface area (Å²) in [5, 5.41) is 5.74. The van der Waals surface area contributed by atoms with Gasteiger partial charge in [0.1, 0.15) is 17.0 Å². The van der Waals surface area contributed by atoms with Gasteiger partial charge in [-0.3, -0.25) is 0 Å². The Hall–Kier alpha value is -4.20. The van der Waals surface area contributed by atoms with Crippen molar-refractivity contribution >= 4 is 28.0 Å². The van der Waals surface area contributed by atoms with Gasteiger partial charge in [0.2, 0.25) is 0 Å². The highest BCUT2D eigenvalue weighted by molar-refractivity contribution is 6.04. The zero-order chi connectivity index (χ0) is 22.4. The third-order valence-corrected chi connectivity index (χ3v) is 5.18. The summed E-state index contributed by atoms with van der Waals surface area (Å²) in [4.78, 5) is 29.6. The van der Waals surface area contributed by atoms with Gasteiger partial charge in [-0.25, -0.2) is 19.3 Å². The number of rotatable bonds is 4. The Balaban J connectivity index is 1.60. The number of furan rings is 1. The average molecular weight is 429 g/mol. The molecule has 4 heterocycles. The fraction of sp³-hybridized carbons (Fsp3) is 0.167. The summed E-state index contributed by atoms with van der Waals surface area (Å²) in [7, 11) is 0. The van der Waals surface area contributed by atoms with E-state index in [4.69, 9.17) is 13.6 Å². The molecule has 0 amide bonds. The Bertz CT molecular complexity index is 1530. The van der Waals surface area contributed by atoms with E-state index in [1.54, 1.807) is 47.5 Å². The minimum absolute atomic E-state index is 0.0438. The van der Waals surface area contributed by atoms with Crippen LogP contribution in [0.5, 0.6) is 5.75 Å². The zero-order valence-electron chi connectivity index (χ0n) is 17.7. The number of aromatic nitrogens is 3. The molecular weight excluding hydrogens is 410 g/mol. The van der Waals surface area contributed by atoms with Crippen LogP contribution < -0.4 is 10.4 Å². The minimum atomic E-state index is -0.581. The first-order valence-electron chi connectivity index (χ1n) is 10.1. The molecule has 160 valence electrons. The van der Waals surface area contributed by atoms with E-state index in [0.29, 0.717) is 33.6 Å². The monoisotopic (exact) mass is 429 g/mol. The number of carbonyl (C=O) groups is 1. The summed E-state index contributed by atoms with van der Waals surface area (Å²) in [6.07, 6.45) is 3.15. The normalized spacial score (nSPS) is 11.5. The number of aryl methyl sites for hydroxylation is 1. The first kappa shape index (κ1) is 19.7. The molecule has 4 aromatic heterocycles. The van der Waals surface area contributed by atoms with Crippen molar-refractivity contribution in [2.24, 2.45) is 0 Å². The zero-order valence-corrected chi connectivity index (χ0v) is 17.7. The fourth-order valence-corrected chi connectivity index (χ4v) is 3.65. The highest BCUT2D eigenvalue weighted by atomic mass is 16.5. The first-order valence-corrected chi connectivity index (χ1v) is 10.1. The second-order valence-corrected chi connectivity index (χ2v) is 7.75. The van der Waals surface area contributed by atoms with E-state index in [0.717, 1.165) is 10.9 Å². The smallest absolute Gasteiger partial charge is 0.344 e. The highest BCUT2D eigenvalue weighted by Gasteiger charge is 2.21. The molecule has 0 N–H and O–H groups in total. The maximum Gasteiger partial charge on any atom is 0.344 e. The van der Waals surface area contributed by atoms with Crippen LogP contribution in [0.2, 0.25) is 0 Å². The van der Waals surface area contributed by atoms with Crippen molar-refractivity contribution in [1.29, 1.82) is 0 Å². The molecule has 0 aliphatic carbocycles. The van der Waals surface area contributed by atoms with E-state index >= 15 is 0 Å². The Labute approximate surface area is 182 Å². The second kappa shape index (κ2) is 7.49. The standard InChI is InChI=1S/C24H19N3O5/c1-13(2)27-23-18(12-25-27)17(11-19(26-23)20-5-4-8-30-20)24(29)31-15-6-7-16-14(3)9-22(28)32-21(16)10-15/h4-13H,1-3H3. The van der Waals surface area contributed by atoms with Gasteiger partial charge in [-0.05, 0) is 56.7 Å². The van der Waals surface area contributed by atoms with Gasteiger partial charge in [-0.2, -0.15) is 5.10 Å². The molecule has 0 unspecified atom stereocenters. The summed E-state index contributed by atoms with van der Waals surface area (Å²) in [6.45, 7) is 5.79. The van der Waals surface area contributed by atoms with Crippen LogP contribution in [-0.2, 0) is 0 Å². The fourth-order valence-electron chi connectivity index (χ4n) is 3.65. The van der Waals surface area contributed by atoms with Gasteiger partial charge in [0.25, 0.3) is 0 Å². The van der Waals surface area contributed by atoms with Crippen LogP contribution in [0.3, 0.4) is 0 Å². The number of nitrogens with zero attached hydrogens (tertiary/aromatic N) is 3. The maximum absolute atomic E-state index is 13.2. The Morgan fingerprint density at radius 3 is 2.72 bits per heavy atom. The van der Waals surface area contributed by atoms with Crippen LogP contribution in [0.15, 0.2) is 68.6 Å². The molecule has 8 nitrogen and oxygen atoms in total. The summed E-state index contributed by atoms with van der Waals surface area (Å²) >= 11 is 0. The predicted octanol–water partition coefficient (Wildman–Crippen LogP) is 4.91. The van der Waals surface area contributed by atoms with Gasteiger partial charge < -0.3 is 13.6 Å². The molecule has 0 spiro atoms. The van der Waals surface area contributed by atoms with Crippen molar-refractivity contribution in [3.05, 3.63) is 76.5 Å². The van der Waals surface area contributed by atoms with Crippen molar-refractivity contribution < 1.29 is 18.4 Å². The van der Waals surface area contributed by atoms with Gasteiger partial charge in [0, 0.05) is 23.6 Å².